The minimum absolute atomic E-state index is 0.0540. The van der Waals surface area contributed by atoms with Gasteiger partial charge >= 0.3 is 5.97 Å². The van der Waals surface area contributed by atoms with E-state index in [0.717, 1.165) is 12.8 Å². The Labute approximate surface area is 118 Å². The predicted molar refractivity (Wildman–Crippen MR) is 71.9 cm³/mol. The van der Waals surface area contributed by atoms with Gasteiger partial charge in [-0.25, -0.2) is 0 Å². The van der Waals surface area contributed by atoms with Crippen LogP contribution in [-0.2, 0) is 14.4 Å². The van der Waals surface area contributed by atoms with Gasteiger partial charge in [-0.15, -0.1) is 0 Å². The van der Waals surface area contributed by atoms with Crippen LogP contribution in [0.2, 0.25) is 0 Å². The Morgan fingerprint density at radius 3 is 2.55 bits per heavy atom. The van der Waals surface area contributed by atoms with Gasteiger partial charge in [0.05, 0.1) is 5.92 Å². The van der Waals surface area contributed by atoms with Crippen LogP contribution in [-0.4, -0.2) is 46.4 Å². The molecule has 0 spiro atoms. The van der Waals surface area contributed by atoms with Gasteiger partial charge in [0.2, 0.25) is 11.8 Å². The van der Waals surface area contributed by atoms with Crippen molar-refractivity contribution >= 4 is 17.8 Å². The summed E-state index contributed by atoms with van der Waals surface area (Å²) in [6.45, 7) is 3.85. The quantitative estimate of drug-likeness (QED) is 0.773. The number of carbonyl (C=O) groups excluding carboxylic acids is 2. The number of piperidine rings is 1. The van der Waals surface area contributed by atoms with Crippen LogP contribution in [0.15, 0.2) is 0 Å². The lowest BCUT2D eigenvalue weighted by Crippen LogP contribution is -2.53. The molecule has 2 N–H and O–H groups in total. The van der Waals surface area contributed by atoms with Crippen LogP contribution < -0.4 is 5.32 Å². The van der Waals surface area contributed by atoms with E-state index in [9.17, 15) is 19.5 Å². The minimum Gasteiger partial charge on any atom is -0.481 e. The first-order valence-electron chi connectivity index (χ1n) is 7.21. The molecule has 6 heteroatoms. The van der Waals surface area contributed by atoms with E-state index in [2.05, 4.69) is 5.32 Å². The maximum atomic E-state index is 12.0. The van der Waals surface area contributed by atoms with Crippen molar-refractivity contribution in [1.82, 2.24) is 10.2 Å². The summed E-state index contributed by atoms with van der Waals surface area (Å²) < 4.78 is 0. The van der Waals surface area contributed by atoms with Gasteiger partial charge < -0.3 is 15.3 Å². The summed E-state index contributed by atoms with van der Waals surface area (Å²) in [5.41, 5.74) is 0. The first-order valence-corrected chi connectivity index (χ1v) is 7.21. The molecule has 2 rings (SSSR count). The Kier molecular flexibility index (Phi) is 4.30. The number of amides is 2. The summed E-state index contributed by atoms with van der Waals surface area (Å²) in [5, 5.41) is 12.1. The Balaban J connectivity index is 1.92. The fraction of sp³-hybridized carbons (Fsp3) is 0.786. The highest BCUT2D eigenvalue weighted by molar-refractivity contribution is 5.83. The van der Waals surface area contributed by atoms with E-state index in [1.54, 1.807) is 18.7 Å². The van der Waals surface area contributed by atoms with Crippen molar-refractivity contribution in [2.75, 3.05) is 6.54 Å². The highest BCUT2D eigenvalue weighted by Crippen LogP contribution is 2.30. The van der Waals surface area contributed by atoms with Crippen LogP contribution in [0.4, 0.5) is 0 Å². The molecular weight excluding hydrogens is 260 g/mol. The number of carboxylic acids is 1. The van der Waals surface area contributed by atoms with Gasteiger partial charge in [-0.2, -0.15) is 0 Å². The number of hydrogen-bond donors (Lipinski definition) is 2. The average molecular weight is 282 g/mol. The van der Waals surface area contributed by atoms with Crippen molar-refractivity contribution in [1.29, 1.82) is 0 Å². The number of rotatable bonds is 5. The molecule has 2 fully saturated rings. The van der Waals surface area contributed by atoms with Gasteiger partial charge in [-0.1, -0.05) is 6.92 Å². The van der Waals surface area contributed by atoms with E-state index in [4.69, 9.17) is 0 Å². The van der Waals surface area contributed by atoms with Crippen LogP contribution in [0, 0.1) is 11.8 Å². The number of likely N-dealkylation sites (tertiary alicyclic amines) is 1. The monoisotopic (exact) mass is 282 g/mol. The van der Waals surface area contributed by atoms with E-state index in [-0.39, 0.29) is 36.6 Å². The van der Waals surface area contributed by atoms with E-state index < -0.39 is 11.9 Å². The number of carbonyl (C=O) groups is 3. The SMILES string of the molecule is CC1CC(=O)N(CCC(=O)NC2CC2)C(C)C1C(=O)O. The zero-order valence-corrected chi connectivity index (χ0v) is 12.0. The lowest BCUT2D eigenvalue weighted by atomic mass is 9.81. The molecule has 1 aliphatic heterocycles. The number of aliphatic carboxylic acids is 1. The van der Waals surface area contributed by atoms with Crippen LogP contribution in [0.5, 0.6) is 0 Å². The van der Waals surface area contributed by atoms with E-state index >= 15 is 0 Å². The standard InChI is InChI=1S/C14H22N2O4/c1-8-7-12(18)16(9(2)13(8)14(19)20)6-5-11(17)15-10-3-4-10/h8-10,13H,3-7H2,1-2H3,(H,15,17)(H,19,20). The second-order valence-electron chi connectivity index (χ2n) is 5.96. The lowest BCUT2D eigenvalue weighted by molar-refractivity contribution is -0.154. The fourth-order valence-corrected chi connectivity index (χ4v) is 2.94. The van der Waals surface area contributed by atoms with Crippen LogP contribution in [0.3, 0.4) is 0 Å². The average Bonchev–Trinajstić information content (AvgIpc) is 3.11. The van der Waals surface area contributed by atoms with Crippen molar-refractivity contribution in [2.45, 2.75) is 51.6 Å². The second kappa shape index (κ2) is 5.81. The highest BCUT2D eigenvalue weighted by atomic mass is 16.4. The molecule has 1 aliphatic carbocycles. The molecular formula is C14H22N2O4. The first-order chi connectivity index (χ1) is 9.40. The molecule has 3 unspecified atom stereocenters. The Bertz CT molecular complexity index is 419. The van der Waals surface area contributed by atoms with Gasteiger partial charge in [0.25, 0.3) is 0 Å². The smallest absolute Gasteiger partial charge is 0.308 e. The third-order valence-corrected chi connectivity index (χ3v) is 4.25. The van der Waals surface area contributed by atoms with Crippen molar-refractivity contribution < 1.29 is 19.5 Å². The normalized spacial score (nSPS) is 30.2. The third-order valence-electron chi connectivity index (χ3n) is 4.25. The van der Waals surface area contributed by atoms with Gasteiger partial charge in [-0.3, -0.25) is 14.4 Å². The van der Waals surface area contributed by atoms with E-state index in [1.165, 1.54) is 0 Å². The molecule has 6 nitrogen and oxygen atoms in total. The highest BCUT2D eigenvalue weighted by Gasteiger charge is 2.41. The summed E-state index contributed by atoms with van der Waals surface area (Å²) in [7, 11) is 0. The summed E-state index contributed by atoms with van der Waals surface area (Å²) in [4.78, 5) is 36.5. The largest absolute Gasteiger partial charge is 0.481 e. The van der Waals surface area contributed by atoms with Crippen molar-refractivity contribution in [3.05, 3.63) is 0 Å². The molecule has 0 aromatic carbocycles. The number of nitrogens with zero attached hydrogens (tertiary/aromatic N) is 1. The molecule has 1 saturated carbocycles. The maximum Gasteiger partial charge on any atom is 0.308 e. The maximum absolute atomic E-state index is 12.0. The van der Waals surface area contributed by atoms with Crippen LogP contribution in [0.25, 0.3) is 0 Å². The summed E-state index contributed by atoms with van der Waals surface area (Å²) in [6, 6.07) is -0.0544. The molecule has 112 valence electrons. The zero-order chi connectivity index (χ0) is 14.9. The number of carboxylic acid groups (broad SMARTS) is 1. The molecule has 3 atom stereocenters. The molecule has 1 heterocycles. The first kappa shape index (κ1) is 14.8. The summed E-state index contributed by atoms with van der Waals surface area (Å²) >= 11 is 0. The zero-order valence-electron chi connectivity index (χ0n) is 12.0. The molecule has 0 aromatic heterocycles. The van der Waals surface area contributed by atoms with E-state index in [0.29, 0.717) is 12.6 Å². The predicted octanol–water partition coefficient (Wildman–Crippen LogP) is 0.613. The summed E-state index contributed by atoms with van der Waals surface area (Å²) in [6.07, 6.45) is 2.55. The van der Waals surface area contributed by atoms with Gasteiger partial charge in [0, 0.05) is 31.5 Å². The van der Waals surface area contributed by atoms with E-state index in [1.807, 2.05) is 0 Å². The minimum atomic E-state index is -0.870. The number of hydrogen-bond acceptors (Lipinski definition) is 3. The van der Waals surface area contributed by atoms with Crippen LogP contribution >= 0.6 is 0 Å². The van der Waals surface area contributed by atoms with Gasteiger partial charge in [0.1, 0.15) is 0 Å². The molecule has 20 heavy (non-hydrogen) atoms. The third kappa shape index (κ3) is 3.29. The van der Waals surface area contributed by atoms with Crippen molar-refractivity contribution in [3.63, 3.8) is 0 Å². The lowest BCUT2D eigenvalue weighted by Gasteiger charge is -2.40. The fourth-order valence-electron chi connectivity index (χ4n) is 2.94. The topological polar surface area (TPSA) is 86.7 Å². The molecule has 1 saturated heterocycles. The Hall–Kier alpha value is -1.59. The summed E-state index contributed by atoms with van der Waals surface area (Å²) in [5.74, 6) is -1.70. The Morgan fingerprint density at radius 2 is 2.00 bits per heavy atom. The second-order valence-corrected chi connectivity index (χ2v) is 5.96. The van der Waals surface area contributed by atoms with Crippen LogP contribution in [0.1, 0.15) is 39.5 Å². The molecule has 0 radical (unpaired) electrons. The van der Waals surface area contributed by atoms with Crippen molar-refractivity contribution in [2.24, 2.45) is 11.8 Å². The molecule has 0 bridgehead atoms. The molecule has 2 amide bonds. The number of nitrogens with one attached hydrogen (secondary N) is 1. The molecule has 2 aliphatic rings. The van der Waals surface area contributed by atoms with Gasteiger partial charge in [-0.05, 0) is 25.7 Å². The van der Waals surface area contributed by atoms with Gasteiger partial charge in [0.15, 0.2) is 0 Å². The van der Waals surface area contributed by atoms with Crippen molar-refractivity contribution in [3.8, 4) is 0 Å². The molecule has 0 aromatic rings. The Morgan fingerprint density at radius 1 is 1.35 bits per heavy atom.